The van der Waals surface area contributed by atoms with Crippen molar-refractivity contribution in [3.05, 3.63) is 83.4 Å². The van der Waals surface area contributed by atoms with E-state index >= 15 is 0 Å². The van der Waals surface area contributed by atoms with Gasteiger partial charge in [-0.3, -0.25) is 0 Å². The lowest BCUT2D eigenvalue weighted by molar-refractivity contribution is 0.0252. The number of esters is 1. The van der Waals surface area contributed by atoms with Gasteiger partial charge < -0.3 is 24.0 Å². The predicted octanol–water partition coefficient (Wildman–Crippen LogP) is 6.81. The maximum atomic E-state index is 13.4. The summed E-state index contributed by atoms with van der Waals surface area (Å²) < 4.78 is 17.0. The van der Waals surface area contributed by atoms with Gasteiger partial charge >= 0.3 is 12.1 Å². The van der Waals surface area contributed by atoms with Crippen LogP contribution in [0.1, 0.15) is 56.0 Å². The van der Waals surface area contributed by atoms with E-state index in [0.29, 0.717) is 24.7 Å². The second-order valence-electron chi connectivity index (χ2n) is 11.6. The van der Waals surface area contributed by atoms with Gasteiger partial charge in [-0.15, -0.1) is 0 Å². The van der Waals surface area contributed by atoms with Crippen LogP contribution in [0.5, 0.6) is 5.75 Å². The molecule has 3 aromatic rings. The summed E-state index contributed by atoms with van der Waals surface area (Å²) in [5, 5.41) is 2.13. The summed E-state index contributed by atoms with van der Waals surface area (Å²) in [5.41, 5.74) is 1.68. The Morgan fingerprint density at radius 2 is 1.76 bits per heavy atom. The fourth-order valence-corrected chi connectivity index (χ4v) is 5.15. The highest BCUT2D eigenvalue weighted by Crippen LogP contribution is 2.26. The van der Waals surface area contributed by atoms with E-state index in [1.165, 1.54) is 13.5 Å². The van der Waals surface area contributed by atoms with Crippen LogP contribution in [0.3, 0.4) is 0 Å². The Kier molecular flexibility index (Phi) is 10.1. The Hall–Kier alpha value is -3.84. The zero-order valence-electron chi connectivity index (χ0n) is 24.9. The lowest BCUT2D eigenvalue weighted by atomic mass is 10.1. The first-order valence-corrected chi connectivity index (χ1v) is 14.3. The molecule has 0 spiro atoms. The number of carbonyl (C=O) groups excluding carboxylic acids is 2. The van der Waals surface area contributed by atoms with E-state index < -0.39 is 5.60 Å². The van der Waals surface area contributed by atoms with E-state index in [4.69, 9.17) is 14.2 Å². The summed E-state index contributed by atoms with van der Waals surface area (Å²) in [4.78, 5) is 29.5. The molecule has 1 saturated heterocycles. The molecule has 1 aliphatic heterocycles. The molecule has 1 unspecified atom stereocenters. The molecule has 0 aromatic heterocycles. The summed E-state index contributed by atoms with van der Waals surface area (Å²) >= 11 is 0. The van der Waals surface area contributed by atoms with Gasteiger partial charge in [-0.1, -0.05) is 54.6 Å². The SMILES string of the molecule is COC(=O)c1ccc(/C=C(\COc2cccc3ccccc23)CN(CCC2CCCN2C)C(=O)OC(C)(C)C)cc1. The first kappa shape index (κ1) is 30.1. The second-order valence-corrected chi connectivity index (χ2v) is 11.6. The van der Waals surface area contributed by atoms with E-state index in [1.54, 1.807) is 17.0 Å². The molecule has 218 valence electrons. The molecule has 1 fully saturated rings. The average Bonchev–Trinajstić information content (AvgIpc) is 3.37. The number of fused-ring (bicyclic) bond motifs is 1. The summed E-state index contributed by atoms with van der Waals surface area (Å²) in [6.45, 7) is 7.97. The number of nitrogens with zero attached hydrogens (tertiary/aromatic N) is 2. The Balaban J connectivity index is 1.61. The third-order valence-corrected chi connectivity index (χ3v) is 7.31. The van der Waals surface area contributed by atoms with Crippen LogP contribution in [-0.2, 0) is 9.47 Å². The van der Waals surface area contributed by atoms with Crippen molar-refractivity contribution in [3.63, 3.8) is 0 Å². The van der Waals surface area contributed by atoms with Gasteiger partial charge in [-0.25, -0.2) is 9.59 Å². The van der Waals surface area contributed by atoms with Crippen molar-refractivity contribution in [2.24, 2.45) is 0 Å². The van der Waals surface area contributed by atoms with Crippen LogP contribution in [-0.4, -0.2) is 73.9 Å². The van der Waals surface area contributed by atoms with Crippen LogP contribution in [0.2, 0.25) is 0 Å². The van der Waals surface area contributed by atoms with Crippen molar-refractivity contribution in [2.75, 3.05) is 40.4 Å². The number of hydrogen-bond acceptors (Lipinski definition) is 6. The van der Waals surface area contributed by atoms with E-state index in [-0.39, 0.29) is 18.7 Å². The first-order chi connectivity index (χ1) is 19.6. The zero-order chi connectivity index (χ0) is 29.4. The molecule has 0 radical (unpaired) electrons. The van der Waals surface area contributed by atoms with Crippen LogP contribution in [0.25, 0.3) is 16.8 Å². The maximum absolute atomic E-state index is 13.4. The molecule has 7 nitrogen and oxygen atoms in total. The number of benzene rings is 3. The summed E-state index contributed by atoms with van der Waals surface area (Å²) in [6, 6.07) is 21.8. The predicted molar refractivity (Wildman–Crippen MR) is 163 cm³/mol. The van der Waals surface area contributed by atoms with Crippen molar-refractivity contribution < 1.29 is 23.8 Å². The standard InChI is InChI=1S/C34H42N2O5/c1-34(2,3)41-33(38)36(21-19-29-12-9-20-35(29)4)23-26(22-25-15-17-28(18-16-25)32(37)39-5)24-40-31-14-8-11-27-10-6-7-13-30(27)31/h6-8,10-11,13-18,22,29H,9,12,19-21,23-24H2,1-5H3/b26-22-. The van der Waals surface area contributed by atoms with Gasteiger partial charge in [0.2, 0.25) is 0 Å². The van der Waals surface area contributed by atoms with Crippen LogP contribution < -0.4 is 4.74 Å². The van der Waals surface area contributed by atoms with Gasteiger partial charge in [0.15, 0.2) is 0 Å². The lowest BCUT2D eigenvalue weighted by Gasteiger charge is -2.30. The number of methoxy groups -OCH3 is 1. The number of amides is 1. The molecule has 1 atom stereocenters. The Morgan fingerprint density at radius 1 is 1.02 bits per heavy atom. The molecule has 0 N–H and O–H groups in total. The Bertz CT molecular complexity index is 1350. The van der Waals surface area contributed by atoms with Gasteiger partial charge in [0.1, 0.15) is 18.0 Å². The fourth-order valence-electron chi connectivity index (χ4n) is 5.15. The molecule has 0 saturated carbocycles. The normalized spacial score (nSPS) is 16.0. The summed E-state index contributed by atoms with van der Waals surface area (Å²) in [5.74, 6) is 0.402. The molecule has 1 aliphatic rings. The minimum absolute atomic E-state index is 0.287. The van der Waals surface area contributed by atoms with Gasteiger partial charge in [-0.2, -0.15) is 0 Å². The average molecular weight is 559 g/mol. The number of likely N-dealkylation sites (tertiary alicyclic amines) is 1. The van der Waals surface area contributed by atoms with E-state index in [2.05, 4.69) is 24.1 Å². The number of hydrogen-bond donors (Lipinski definition) is 0. The molecule has 4 rings (SSSR count). The fraction of sp³-hybridized carbons (Fsp3) is 0.412. The molecule has 0 bridgehead atoms. The van der Waals surface area contributed by atoms with Gasteiger partial charge in [-0.05, 0) is 88.3 Å². The molecule has 1 heterocycles. The van der Waals surface area contributed by atoms with Crippen molar-refractivity contribution in [1.29, 1.82) is 0 Å². The molecule has 3 aromatic carbocycles. The second kappa shape index (κ2) is 13.7. The highest BCUT2D eigenvalue weighted by Gasteiger charge is 2.26. The van der Waals surface area contributed by atoms with Gasteiger partial charge in [0.25, 0.3) is 0 Å². The van der Waals surface area contributed by atoms with Crippen LogP contribution in [0.4, 0.5) is 4.79 Å². The molecular formula is C34H42N2O5. The van der Waals surface area contributed by atoms with Crippen molar-refractivity contribution >= 4 is 28.9 Å². The van der Waals surface area contributed by atoms with Crippen molar-refractivity contribution in [3.8, 4) is 5.75 Å². The van der Waals surface area contributed by atoms with Crippen LogP contribution >= 0.6 is 0 Å². The van der Waals surface area contributed by atoms with Crippen LogP contribution in [0.15, 0.2) is 72.3 Å². The molecule has 0 aliphatic carbocycles. The van der Waals surface area contributed by atoms with E-state index in [0.717, 1.165) is 47.0 Å². The van der Waals surface area contributed by atoms with Crippen molar-refractivity contribution in [2.45, 2.75) is 51.7 Å². The largest absolute Gasteiger partial charge is 0.489 e. The number of rotatable bonds is 10. The maximum Gasteiger partial charge on any atom is 0.410 e. The molecule has 1 amide bonds. The van der Waals surface area contributed by atoms with Gasteiger partial charge in [0.05, 0.1) is 12.7 Å². The summed E-state index contributed by atoms with van der Waals surface area (Å²) in [6.07, 6.45) is 4.87. The number of ether oxygens (including phenoxy) is 3. The monoisotopic (exact) mass is 558 g/mol. The Labute approximate surface area is 243 Å². The molecule has 41 heavy (non-hydrogen) atoms. The Morgan fingerprint density at radius 3 is 2.44 bits per heavy atom. The molecular weight excluding hydrogens is 516 g/mol. The smallest absolute Gasteiger partial charge is 0.410 e. The highest BCUT2D eigenvalue weighted by atomic mass is 16.6. The summed E-state index contributed by atoms with van der Waals surface area (Å²) in [7, 11) is 3.52. The van der Waals surface area contributed by atoms with Crippen LogP contribution in [0, 0.1) is 0 Å². The third-order valence-electron chi connectivity index (χ3n) is 7.31. The minimum Gasteiger partial charge on any atom is -0.489 e. The molecule has 7 heteroatoms. The third kappa shape index (κ3) is 8.57. The van der Waals surface area contributed by atoms with E-state index in [1.807, 2.05) is 69.3 Å². The van der Waals surface area contributed by atoms with E-state index in [9.17, 15) is 9.59 Å². The minimum atomic E-state index is -0.605. The topological polar surface area (TPSA) is 68.3 Å². The van der Waals surface area contributed by atoms with Gasteiger partial charge in [0, 0.05) is 24.5 Å². The number of carbonyl (C=O) groups is 2. The van der Waals surface area contributed by atoms with Crippen molar-refractivity contribution in [1.82, 2.24) is 9.80 Å². The zero-order valence-corrected chi connectivity index (χ0v) is 24.9. The lowest BCUT2D eigenvalue weighted by Crippen LogP contribution is -2.41. The highest BCUT2D eigenvalue weighted by molar-refractivity contribution is 5.89. The quantitative estimate of drug-likeness (QED) is 0.255. The first-order valence-electron chi connectivity index (χ1n) is 14.3.